The third-order valence-electron chi connectivity index (χ3n) is 4.53. The molecule has 0 amide bonds. The number of sulfonamides is 1. The maximum Gasteiger partial charge on any atom is 0.247 e. The van der Waals surface area contributed by atoms with Crippen LogP contribution in [0.5, 0.6) is 11.5 Å². The molecule has 2 rings (SSSR count). The minimum Gasteiger partial charge on any atom is -0.497 e. The first kappa shape index (κ1) is 20.8. The van der Waals surface area contributed by atoms with Gasteiger partial charge in [0.25, 0.3) is 0 Å². The molecule has 0 radical (unpaired) electrons. The lowest BCUT2D eigenvalue weighted by Gasteiger charge is -2.29. The van der Waals surface area contributed by atoms with Crippen molar-refractivity contribution in [1.82, 2.24) is 4.31 Å². The molecule has 0 aromatic heterocycles. The Kier molecular flexibility index (Phi) is 7.53. The van der Waals surface area contributed by atoms with E-state index in [1.807, 2.05) is 13.8 Å². The van der Waals surface area contributed by atoms with Crippen LogP contribution in [0.25, 0.3) is 0 Å². The highest BCUT2D eigenvalue weighted by molar-refractivity contribution is 7.89. The predicted molar refractivity (Wildman–Crippen MR) is 104 cm³/mol. The van der Waals surface area contributed by atoms with E-state index in [4.69, 9.17) is 9.47 Å². The lowest BCUT2D eigenvalue weighted by molar-refractivity contribution is 0.288. The number of hydrogen-bond acceptors (Lipinski definition) is 4. The molecular formula is C20H31NO4S. The second-order valence-corrected chi connectivity index (χ2v) is 9.00. The molecule has 0 aliphatic carbocycles. The zero-order chi connectivity index (χ0) is 19.2. The lowest BCUT2D eigenvalue weighted by atomic mass is 10.1. The Bertz CT molecular complexity index is 713. The van der Waals surface area contributed by atoms with Crippen LogP contribution in [-0.2, 0) is 10.0 Å². The predicted octanol–water partition coefficient (Wildman–Crippen LogP) is 4.24. The highest BCUT2D eigenvalue weighted by Crippen LogP contribution is 2.32. The van der Waals surface area contributed by atoms with Gasteiger partial charge >= 0.3 is 0 Å². The number of allylic oxidation sites excluding steroid dienone is 2. The van der Waals surface area contributed by atoms with Crippen molar-refractivity contribution in [2.24, 2.45) is 5.92 Å². The number of ether oxygens (including phenoxy) is 2. The number of rotatable bonds is 2. The maximum atomic E-state index is 13.4. The van der Waals surface area contributed by atoms with E-state index < -0.39 is 10.0 Å². The molecule has 1 aromatic rings. The Morgan fingerprint density at radius 2 is 2.00 bits per heavy atom. The van der Waals surface area contributed by atoms with Crippen molar-refractivity contribution in [2.75, 3.05) is 20.3 Å². The van der Waals surface area contributed by atoms with Gasteiger partial charge in [0.15, 0.2) is 0 Å². The smallest absolute Gasteiger partial charge is 0.247 e. The van der Waals surface area contributed by atoms with Gasteiger partial charge in [-0.05, 0) is 57.6 Å². The van der Waals surface area contributed by atoms with E-state index in [1.165, 1.54) is 0 Å². The van der Waals surface area contributed by atoms with Crippen molar-refractivity contribution in [1.29, 1.82) is 0 Å². The zero-order valence-corrected chi connectivity index (χ0v) is 17.1. The molecule has 0 saturated carbocycles. The molecule has 1 aromatic carbocycles. The van der Waals surface area contributed by atoms with Crippen molar-refractivity contribution in [3.05, 3.63) is 30.4 Å². The molecular weight excluding hydrogens is 350 g/mol. The molecule has 0 spiro atoms. The van der Waals surface area contributed by atoms with Gasteiger partial charge in [0.05, 0.1) is 13.7 Å². The fourth-order valence-corrected chi connectivity index (χ4v) is 4.90. The van der Waals surface area contributed by atoms with Crippen LogP contribution in [0.4, 0.5) is 0 Å². The van der Waals surface area contributed by atoms with Gasteiger partial charge in [0.2, 0.25) is 10.0 Å². The van der Waals surface area contributed by atoms with Gasteiger partial charge in [-0.2, -0.15) is 4.31 Å². The van der Waals surface area contributed by atoms with Gasteiger partial charge in [0.1, 0.15) is 16.4 Å². The largest absolute Gasteiger partial charge is 0.497 e. The number of fused-ring (bicyclic) bond motifs is 1. The molecule has 0 bridgehead atoms. The Balaban J connectivity index is 2.46. The fraction of sp³-hybridized carbons (Fsp3) is 0.600. The minimum atomic E-state index is -3.66. The summed E-state index contributed by atoms with van der Waals surface area (Å²) in [7, 11) is -2.10. The Labute approximate surface area is 158 Å². The quantitative estimate of drug-likeness (QED) is 0.719. The summed E-state index contributed by atoms with van der Waals surface area (Å²) in [6.07, 6.45) is 8.16. The highest BCUT2D eigenvalue weighted by Gasteiger charge is 2.31. The van der Waals surface area contributed by atoms with Crippen molar-refractivity contribution < 1.29 is 17.9 Å². The van der Waals surface area contributed by atoms with E-state index in [0.717, 1.165) is 25.7 Å². The number of hydrogen-bond donors (Lipinski definition) is 0. The van der Waals surface area contributed by atoms with Crippen molar-refractivity contribution in [2.45, 2.75) is 57.4 Å². The van der Waals surface area contributed by atoms with Crippen LogP contribution in [0.15, 0.2) is 35.2 Å². The molecule has 26 heavy (non-hydrogen) atoms. The summed E-state index contributed by atoms with van der Waals surface area (Å²) < 4.78 is 39.4. The average Bonchev–Trinajstić information content (AvgIpc) is 2.60. The first-order valence-corrected chi connectivity index (χ1v) is 10.8. The fourth-order valence-electron chi connectivity index (χ4n) is 3.03. The van der Waals surface area contributed by atoms with Crippen LogP contribution in [0.1, 0.15) is 46.5 Å². The molecule has 0 saturated heterocycles. The summed E-state index contributed by atoms with van der Waals surface area (Å²) in [5, 5.41) is 0. The molecule has 1 aliphatic rings. The summed E-state index contributed by atoms with van der Waals surface area (Å²) in [5.41, 5.74) is 0. The third-order valence-corrected chi connectivity index (χ3v) is 6.61. The van der Waals surface area contributed by atoms with Gasteiger partial charge in [0, 0.05) is 18.7 Å². The second-order valence-electron chi connectivity index (χ2n) is 7.14. The SMILES string of the molecule is COc1ccc2c(c1)OCCCC/C=C\C[C@@H](C)CN(C(C)C)S2(=O)=O. The first-order valence-electron chi connectivity index (χ1n) is 9.34. The van der Waals surface area contributed by atoms with E-state index >= 15 is 0 Å². The average molecular weight is 382 g/mol. The summed E-state index contributed by atoms with van der Waals surface area (Å²) in [6, 6.07) is 4.80. The molecule has 5 nitrogen and oxygen atoms in total. The van der Waals surface area contributed by atoms with Crippen LogP contribution in [0, 0.1) is 5.92 Å². The van der Waals surface area contributed by atoms with Gasteiger partial charge in [-0.3, -0.25) is 0 Å². The second kappa shape index (κ2) is 9.42. The van der Waals surface area contributed by atoms with Crippen LogP contribution in [0.3, 0.4) is 0 Å². The summed E-state index contributed by atoms with van der Waals surface area (Å²) in [5.74, 6) is 1.21. The van der Waals surface area contributed by atoms with Gasteiger partial charge in [-0.15, -0.1) is 0 Å². The molecule has 1 aliphatic heterocycles. The number of benzene rings is 1. The monoisotopic (exact) mass is 381 g/mol. The molecule has 0 N–H and O–H groups in total. The van der Waals surface area contributed by atoms with Crippen molar-refractivity contribution in [3.8, 4) is 11.5 Å². The van der Waals surface area contributed by atoms with E-state index in [-0.39, 0.29) is 16.9 Å². The maximum absolute atomic E-state index is 13.4. The Morgan fingerprint density at radius 3 is 2.69 bits per heavy atom. The van der Waals surface area contributed by atoms with Gasteiger partial charge < -0.3 is 9.47 Å². The Hall–Kier alpha value is -1.53. The van der Waals surface area contributed by atoms with E-state index in [2.05, 4.69) is 19.1 Å². The van der Waals surface area contributed by atoms with E-state index in [9.17, 15) is 8.42 Å². The standard InChI is InChI=1S/C20H31NO4S/c1-16(2)21-15-17(3)10-8-6-5-7-9-13-25-19-14-18(24-4)11-12-20(19)26(21,22)23/h6,8,11-12,14,16-17H,5,7,9-10,13,15H2,1-4H3/b8-6-/t17-/m1/s1. The topological polar surface area (TPSA) is 55.8 Å². The van der Waals surface area contributed by atoms with Gasteiger partial charge in [-0.1, -0.05) is 19.1 Å². The summed E-state index contributed by atoms with van der Waals surface area (Å²) in [4.78, 5) is 0.215. The highest BCUT2D eigenvalue weighted by atomic mass is 32.2. The summed E-state index contributed by atoms with van der Waals surface area (Å²) >= 11 is 0. The van der Waals surface area contributed by atoms with Crippen LogP contribution >= 0.6 is 0 Å². The Morgan fingerprint density at radius 1 is 1.23 bits per heavy atom. The van der Waals surface area contributed by atoms with E-state index in [0.29, 0.717) is 24.7 Å². The van der Waals surface area contributed by atoms with Gasteiger partial charge in [-0.25, -0.2) is 8.42 Å². The molecule has 0 fully saturated rings. The van der Waals surface area contributed by atoms with Crippen molar-refractivity contribution >= 4 is 10.0 Å². The zero-order valence-electron chi connectivity index (χ0n) is 16.3. The van der Waals surface area contributed by atoms with Crippen LogP contribution < -0.4 is 9.47 Å². The third kappa shape index (κ3) is 5.24. The molecule has 146 valence electrons. The minimum absolute atomic E-state index is 0.130. The number of methoxy groups -OCH3 is 1. The normalized spacial score (nSPS) is 23.5. The first-order chi connectivity index (χ1) is 12.4. The molecule has 1 atom stereocenters. The number of nitrogens with zero attached hydrogens (tertiary/aromatic N) is 1. The van der Waals surface area contributed by atoms with Crippen LogP contribution in [-0.4, -0.2) is 39.0 Å². The molecule has 0 unspecified atom stereocenters. The van der Waals surface area contributed by atoms with Crippen LogP contribution in [0.2, 0.25) is 0 Å². The lowest BCUT2D eigenvalue weighted by Crippen LogP contribution is -2.40. The molecule has 6 heteroatoms. The van der Waals surface area contributed by atoms with E-state index in [1.54, 1.807) is 29.6 Å². The molecule has 1 heterocycles. The summed E-state index contributed by atoms with van der Waals surface area (Å²) in [6.45, 7) is 6.88. The van der Waals surface area contributed by atoms with Crippen molar-refractivity contribution in [3.63, 3.8) is 0 Å².